The van der Waals surface area contributed by atoms with E-state index in [9.17, 15) is 0 Å². The van der Waals surface area contributed by atoms with Gasteiger partial charge in [0.2, 0.25) is 0 Å². The lowest BCUT2D eigenvalue weighted by atomic mass is 10.2. The predicted octanol–water partition coefficient (Wildman–Crippen LogP) is 6.19. The zero-order valence-electron chi connectivity index (χ0n) is 12.0. The fraction of sp³-hybridized carbons (Fsp3) is 0. The minimum absolute atomic E-state index is 0.661. The summed E-state index contributed by atoms with van der Waals surface area (Å²) in [4.78, 5) is 4.45. The van der Waals surface area contributed by atoms with Gasteiger partial charge >= 0.3 is 0 Å². The van der Waals surface area contributed by atoms with Crippen LogP contribution in [0.5, 0.6) is 0 Å². The van der Waals surface area contributed by atoms with Crippen LogP contribution in [0.15, 0.2) is 48.5 Å². The zero-order valence-corrected chi connectivity index (χ0v) is 14.3. The molecule has 0 spiro atoms. The Labute approximate surface area is 148 Å². The molecule has 0 amide bonds. The summed E-state index contributed by atoms with van der Waals surface area (Å²) in [6, 6.07) is 15.3. The smallest absolute Gasteiger partial charge is 0.166 e. The van der Waals surface area contributed by atoms with Gasteiger partial charge in [-0.2, -0.15) is 4.37 Å². The van der Waals surface area contributed by atoms with E-state index in [1.165, 1.54) is 11.5 Å². The minimum atomic E-state index is 0.661. The van der Waals surface area contributed by atoms with Crippen LogP contribution in [0.1, 0.15) is 22.0 Å². The van der Waals surface area contributed by atoms with E-state index in [4.69, 9.17) is 23.2 Å². The van der Waals surface area contributed by atoms with Gasteiger partial charge in [-0.3, -0.25) is 0 Å². The monoisotopic (exact) mass is 358 g/mol. The molecule has 0 saturated carbocycles. The van der Waals surface area contributed by atoms with Gasteiger partial charge in [0.15, 0.2) is 5.82 Å². The van der Waals surface area contributed by atoms with Crippen LogP contribution in [0.4, 0.5) is 0 Å². The first-order chi connectivity index (χ1) is 11.2. The van der Waals surface area contributed by atoms with Crippen molar-refractivity contribution in [2.24, 2.45) is 0 Å². The first kappa shape index (κ1) is 15.9. The fourth-order valence-corrected chi connectivity index (χ4v) is 2.88. The molecule has 2 aromatic carbocycles. The van der Waals surface area contributed by atoms with Crippen LogP contribution in [0.3, 0.4) is 0 Å². The van der Waals surface area contributed by atoms with Crippen molar-refractivity contribution < 1.29 is 0 Å². The first-order valence-electron chi connectivity index (χ1n) is 6.91. The molecule has 114 valence electrons. The minimum Gasteiger partial charge on any atom is -0.216 e. The maximum absolute atomic E-state index is 6.12. The molecule has 23 heavy (non-hydrogen) atoms. The van der Waals surface area contributed by atoms with Crippen LogP contribution in [0, 0.1) is 0 Å². The molecule has 1 aromatic heterocycles. The van der Waals surface area contributed by atoms with E-state index < -0.39 is 0 Å². The van der Waals surface area contributed by atoms with Gasteiger partial charge in [-0.05, 0) is 53.0 Å². The molecule has 0 unspecified atom stereocenters. The molecule has 2 nitrogen and oxygen atoms in total. The molecule has 0 fully saturated rings. The molecule has 0 atom stereocenters. The Morgan fingerprint density at radius 2 is 1.30 bits per heavy atom. The quantitative estimate of drug-likeness (QED) is 0.555. The van der Waals surface area contributed by atoms with Crippen molar-refractivity contribution in [2.75, 3.05) is 0 Å². The summed E-state index contributed by atoms with van der Waals surface area (Å²) in [5.74, 6) is 0.661. The Balaban J connectivity index is 1.74. The number of benzene rings is 2. The van der Waals surface area contributed by atoms with Gasteiger partial charge in [-0.1, -0.05) is 65.7 Å². The van der Waals surface area contributed by atoms with Gasteiger partial charge in [0.25, 0.3) is 0 Å². The third kappa shape index (κ3) is 4.29. The van der Waals surface area contributed by atoms with Crippen molar-refractivity contribution in [2.45, 2.75) is 0 Å². The normalized spacial score (nSPS) is 11.6. The van der Waals surface area contributed by atoms with E-state index in [1.807, 2.05) is 72.8 Å². The topological polar surface area (TPSA) is 25.8 Å². The number of halogens is 2. The Kier molecular flexibility index (Phi) is 5.23. The summed E-state index contributed by atoms with van der Waals surface area (Å²) in [6.07, 6.45) is 7.60. The van der Waals surface area contributed by atoms with E-state index >= 15 is 0 Å². The average molecular weight is 359 g/mol. The van der Waals surface area contributed by atoms with Gasteiger partial charge in [-0.15, -0.1) is 0 Å². The summed E-state index contributed by atoms with van der Waals surface area (Å²) in [7, 11) is 0. The van der Waals surface area contributed by atoms with Crippen LogP contribution in [0.25, 0.3) is 24.3 Å². The van der Waals surface area contributed by atoms with Crippen LogP contribution in [-0.4, -0.2) is 9.36 Å². The molecule has 0 aliphatic carbocycles. The molecular weight excluding hydrogens is 347 g/mol. The Bertz CT molecular complexity index is 799. The average Bonchev–Trinajstić information content (AvgIpc) is 3.01. The number of hydrogen-bond acceptors (Lipinski definition) is 3. The SMILES string of the molecule is Clc1ccccc1/C=C/c1nsc(/C=C/c2ccccc2Cl)n1. The molecule has 3 rings (SSSR count). The number of hydrogen-bond donors (Lipinski definition) is 0. The molecule has 0 saturated heterocycles. The van der Waals surface area contributed by atoms with Crippen LogP contribution in [0.2, 0.25) is 10.0 Å². The Hall–Kier alpha value is -1.94. The van der Waals surface area contributed by atoms with Gasteiger partial charge in [0.1, 0.15) is 5.01 Å². The van der Waals surface area contributed by atoms with Gasteiger partial charge in [-0.25, -0.2) is 4.98 Å². The second-order valence-corrected chi connectivity index (χ2v) is 6.30. The third-order valence-corrected chi connectivity index (χ3v) is 4.47. The highest BCUT2D eigenvalue weighted by Gasteiger charge is 2.00. The van der Waals surface area contributed by atoms with E-state index in [-0.39, 0.29) is 0 Å². The summed E-state index contributed by atoms with van der Waals surface area (Å²) < 4.78 is 4.31. The molecule has 0 aliphatic heterocycles. The van der Waals surface area contributed by atoms with Crippen LogP contribution in [-0.2, 0) is 0 Å². The summed E-state index contributed by atoms with van der Waals surface area (Å²) in [6.45, 7) is 0. The lowest BCUT2D eigenvalue weighted by molar-refractivity contribution is 1.27. The van der Waals surface area contributed by atoms with Crippen molar-refractivity contribution in [1.29, 1.82) is 0 Å². The van der Waals surface area contributed by atoms with E-state index in [1.54, 1.807) is 0 Å². The van der Waals surface area contributed by atoms with Crippen molar-refractivity contribution in [3.63, 3.8) is 0 Å². The molecule has 0 bridgehead atoms. The zero-order chi connectivity index (χ0) is 16.1. The predicted molar refractivity (Wildman–Crippen MR) is 101 cm³/mol. The van der Waals surface area contributed by atoms with Crippen molar-refractivity contribution >= 4 is 59.0 Å². The van der Waals surface area contributed by atoms with E-state index in [2.05, 4.69) is 9.36 Å². The number of rotatable bonds is 4. The van der Waals surface area contributed by atoms with Gasteiger partial charge in [0.05, 0.1) is 0 Å². The van der Waals surface area contributed by atoms with E-state index in [0.717, 1.165) is 16.1 Å². The number of aromatic nitrogens is 2. The van der Waals surface area contributed by atoms with Crippen molar-refractivity contribution in [1.82, 2.24) is 9.36 Å². The summed E-state index contributed by atoms with van der Waals surface area (Å²) in [5, 5.41) is 2.24. The van der Waals surface area contributed by atoms with Crippen LogP contribution < -0.4 is 0 Å². The third-order valence-electron chi connectivity index (χ3n) is 3.09. The molecule has 0 N–H and O–H groups in total. The largest absolute Gasteiger partial charge is 0.216 e. The molecule has 0 radical (unpaired) electrons. The Morgan fingerprint density at radius 3 is 1.91 bits per heavy atom. The summed E-state index contributed by atoms with van der Waals surface area (Å²) >= 11 is 13.6. The second-order valence-electron chi connectivity index (χ2n) is 4.70. The highest BCUT2D eigenvalue weighted by molar-refractivity contribution is 7.06. The highest BCUT2D eigenvalue weighted by Crippen LogP contribution is 2.20. The lowest BCUT2D eigenvalue weighted by Gasteiger charge is -1.95. The molecule has 5 heteroatoms. The standard InChI is InChI=1S/C18H12Cl2N2S/c19-15-7-3-1-5-13(15)9-11-17-21-18(23-22-17)12-10-14-6-2-4-8-16(14)20/h1-12H/b11-9+,12-10+. The Morgan fingerprint density at radius 1 is 0.739 bits per heavy atom. The first-order valence-corrected chi connectivity index (χ1v) is 8.44. The molecule has 1 heterocycles. The fourth-order valence-electron chi connectivity index (χ4n) is 1.93. The van der Waals surface area contributed by atoms with Gasteiger partial charge in [0, 0.05) is 10.0 Å². The number of nitrogens with zero attached hydrogens (tertiary/aromatic N) is 2. The maximum Gasteiger partial charge on any atom is 0.166 e. The summed E-state index contributed by atoms with van der Waals surface area (Å²) in [5.41, 5.74) is 1.90. The highest BCUT2D eigenvalue weighted by atomic mass is 35.5. The maximum atomic E-state index is 6.12. The molecule has 3 aromatic rings. The molecule has 0 aliphatic rings. The lowest BCUT2D eigenvalue weighted by Crippen LogP contribution is -1.77. The molecular formula is C18H12Cl2N2S. The van der Waals surface area contributed by atoms with Crippen molar-refractivity contribution in [3.05, 3.63) is 80.5 Å². The van der Waals surface area contributed by atoms with E-state index in [0.29, 0.717) is 15.9 Å². The second kappa shape index (κ2) is 7.55. The van der Waals surface area contributed by atoms with Gasteiger partial charge < -0.3 is 0 Å². The van der Waals surface area contributed by atoms with Crippen molar-refractivity contribution in [3.8, 4) is 0 Å². The van der Waals surface area contributed by atoms with Crippen LogP contribution >= 0.6 is 34.7 Å².